The lowest BCUT2D eigenvalue weighted by molar-refractivity contribution is -0.124. The largest absolute Gasteiger partial charge is 0.444 e. The Morgan fingerprint density at radius 2 is 1.83 bits per heavy atom. The maximum atomic E-state index is 14.2. The van der Waals surface area contributed by atoms with E-state index < -0.39 is 23.9 Å². The Bertz CT molecular complexity index is 1300. The molecule has 4 rings (SSSR count). The van der Waals surface area contributed by atoms with Crippen LogP contribution in [0.25, 0.3) is 22.0 Å². The highest BCUT2D eigenvalue weighted by molar-refractivity contribution is 6.06. The number of Topliss-reactive ketones (excluding diaryl/α,β-unsaturated/α-hetero) is 2. The number of aromatic nitrogens is 4. The fourth-order valence-electron chi connectivity index (χ4n) is 4.15. The number of hydrogen-bond acceptors (Lipinski definition) is 7. The van der Waals surface area contributed by atoms with Crippen molar-refractivity contribution in [2.45, 2.75) is 65.4 Å². The molecular weight excluding hydrogens is 453 g/mol. The van der Waals surface area contributed by atoms with Gasteiger partial charge in [0.15, 0.2) is 11.6 Å². The number of benzene rings is 1. The summed E-state index contributed by atoms with van der Waals surface area (Å²) < 4.78 is 21.0. The monoisotopic (exact) mass is 481 g/mol. The van der Waals surface area contributed by atoms with E-state index in [1.165, 1.54) is 11.6 Å². The van der Waals surface area contributed by atoms with Crippen molar-refractivity contribution in [3.05, 3.63) is 42.1 Å². The van der Waals surface area contributed by atoms with Gasteiger partial charge in [-0.3, -0.25) is 19.2 Å². The highest BCUT2D eigenvalue weighted by Crippen LogP contribution is 2.28. The van der Waals surface area contributed by atoms with E-state index in [2.05, 4.69) is 15.1 Å². The summed E-state index contributed by atoms with van der Waals surface area (Å²) in [6.45, 7) is 7.91. The van der Waals surface area contributed by atoms with Gasteiger partial charge >= 0.3 is 6.09 Å². The molecule has 1 aromatic carbocycles. The molecule has 184 valence electrons. The van der Waals surface area contributed by atoms with E-state index in [1.54, 1.807) is 46.2 Å². The zero-order chi connectivity index (χ0) is 25.5. The van der Waals surface area contributed by atoms with Crippen LogP contribution in [0.2, 0.25) is 0 Å². The van der Waals surface area contributed by atoms with Crippen LogP contribution >= 0.6 is 0 Å². The highest BCUT2D eigenvalue weighted by Gasteiger charge is 2.41. The zero-order valence-electron chi connectivity index (χ0n) is 20.4. The minimum absolute atomic E-state index is 0.103. The number of halogens is 1. The van der Waals surface area contributed by atoms with Gasteiger partial charge in [-0.05, 0) is 45.4 Å². The predicted molar refractivity (Wildman–Crippen MR) is 127 cm³/mol. The Kier molecular flexibility index (Phi) is 6.40. The van der Waals surface area contributed by atoms with E-state index in [4.69, 9.17) is 4.74 Å². The molecule has 0 spiro atoms. The Hall–Kier alpha value is -3.69. The van der Waals surface area contributed by atoms with E-state index >= 15 is 0 Å². The third-order valence-corrected chi connectivity index (χ3v) is 5.75. The molecular formula is C25H28FN5O4. The molecule has 2 atom stereocenters. The second-order valence-corrected chi connectivity index (χ2v) is 9.76. The second kappa shape index (κ2) is 9.16. The van der Waals surface area contributed by atoms with Gasteiger partial charge in [0.25, 0.3) is 0 Å². The SMILES string of the molecule is CC(=O)c1nn(CC(=O)[C@H]2C[C@H](F)CN2C(=O)OC(C)(C)C)c2ccc(-c3cnc(C)nc3)cc12. The molecule has 1 saturated heterocycles. The first-order valence-electron chi connectivity index (χ1n) is 11.4. The Labute approximate surface area is 202 Å². The van der Waals surface area contributed by atoms with Crippen molar-refractivity contribution in [1.82, 2.24) is 24.6 Å². The molecule has 1 aliphatic rings. The summed E-state index contributed by atoms with van der Waals surface area (Å²) in [5.74, 6) is 0.0125. The quantitative estimate of drug-likeness (QED) is 0.508. The van der Waals surface area contributed by atoms with Crippen molar-refractivity contribution in [1.29, 1.82) is 0 Å². The molecule has 3 aromatic rings. The number of carbonyl (C=O) groups is 3. The standard InChI is InChI=1S/C25H28FN5O4/c1-14(32)23-19-8-16(17-10-27-15(2)28-11-17)6-7-20(19)31(29-23)13-22(33)21-9-18(26)12-30(21)24(34)35-25(3,4)5/h6-8,10-11,18,21H,9,12-13H2,1-5H3/t18-,21+/m0/s1. The van der Waals surface area contributed by atoms with Crippen LogP contribution in [0.4, 0.5) is 9.18 Å². The van der Waals surface area contributed by atoms with E-state index in [-0.39, 0.29) is 36.8 Å². The average Bonchev–Trinajstić information content (AvgIpc) is 3.34. The molecule has 0 saturated carbocycles. The maximum absolute atomic E-state index is 14.2. The lowest BCUT2D eigenvalue weighted by Gasteiger charge is -2.27. The van der Waals surface area contributed by atoms with Crippen molar-refractivity contribution in [3.8, 4) is 11.1 Å². The van der Waals surface area contributed by atoms with Gasteiger partial charge in [-0.15, -0.1) is 0 Å². The van der Waals surface area contributed by atoms with Gasteiger partial charge in [-0.1, -0.05) is 6.07 Å². The number of fused-ring (bicyclic) bond motifs is 1. The van der Waals surface area contributed by atoms with Gasteiger partial charge in [0.1, 0.15) is 29.8 Å². The second-order valence-electron chi connectivity index (χ2n) is 9.76. The lowest BCUT2D eigenvalue weighted by Crippen LogP contribution is -2.44. The summed E-state index contributed by atoms with van der Waals surface area (Å²) in [7, 11) is 0. The van der Waals surface area contributed by atoms with Gasteiger partial charge in [-0.2, -0.15) is 5.10 Å². The molecule has 9 nitrogen and oxygen atoms in total. The van der Waals surface area contributed by atoms with Crippen molar-refractivity contribution in [2.75, 3.05) is 6.54 Å². The van der Waals surface area contributed by atoms with Crippen LogP contribution in [-0.2, 0) is 16.1 Å². The molecule has 1 fully saturated rings. The van der Waals surface area contributed by atoms with E-state index in [0.29, 0.717) is 16.7 Å². The molecule has 0 aliphatic carbocycles. The summed E-state index contributed by atoms with van der Waals surface area (Å²) >= 11 is 0. The summed E-state index contributed by atoms with van der Waals surface area (Å²) in [6, 6.07) is 4.45. The average molecular weight is 482 g/mol. The minimum atomic E-state index is -1.32. The molecule has 1 amide bonds. The third kappa shape index (κ3) is 5.21. The third-order valence-electron chi connectivity index (χ3n) is 5.75. The van der Waals surface area contributed by atoms with Gasteiger partial charge in [0.05, 0.1) is 18.1 Å². The molecule has 35 heavy (non-hydrogen) atoms. The van der Waals surface area contributed by atoms with Crippen molar-refractivity contribution < 1.29 is 23.5 Å². The Balaban J connectivity index is 1.64. The first kappa shape index (κ1) is 24.4. The lowest BCUT2D eigenvalue weighted by atomic mass is 10.0. The molecule has 0 radical (unpaired) electrons. The van der Waals surface area contributed by atoms with Crippen LogP contribution in [0.1, 0.15) is 50.4 Å². The number of ketones is 2. The van der Waals surface area contributed by atoms with Crippen LogP contribution in [0, 0.1) is 6.92 Å². The summed E-state index contributed by atoms with van der Waals surface area (Å²) in [5, 5.41) is 4.97. The summed E-state index contributed by atoms with van der Waals surface area (Å²) in [4.78, 5) is 47.7. The number of aryl methyl sites for hydroxylation is 1. The van der Waals surface area contributed by atoms with Crippen LogP contribution in [0.5, 0.6) is 0 Å². The highest BCUT2D eigenvalue weighted by atomic mass is 19.1. The first-order chi connectivity index (χ1) is 16.4. The normalized spacial score (nSPS) is 18.2. The van der Waals surface area contributed by atoms with Crippen LogP contribution in [-0.4, -0.2) is 66.7 Å². The van der Waals surface area contributed by atoms with E-state index in [0.717, 1.165) is 16.0 Å². The molecule has 1 aliphatic heterocycles. The summed E-state index contributed by atoms with van der Waals surface area (Å²) in [6.07, 6.45) is 1.25. The molecule has 3 heterocycles. The Morgan fingerprint density at radius 1 is 1.14 bits per heavy atom. The number of ether oxygens (including phenoxy) is 1. The fraction of sp³-hybridized carbons (Fsp3) is 0.440. The molecule has 0 N–H and O–H groups in total. The number of alkyl halides is 1. The van der Waals surface area contributed by atoms with Crippen molar-refractivity contribution >= 4 is 28.6 Å². The number of nitrogens with zero attached hydrogens (tertiary/aromatic N) is 5. The molecule has 0 bridgehead atoms. The molecule has 10 heteroatoms. The van der Waals surface area contributed by atoms with Crippen LogP contribution < -0.4 is 0 Å². The number of amides is 1. The summed E-state index contributed by atoms with van der Waals surface area (Å²) in [5.41, 5.74) is 1.62. The van der Waals surface area contributed by atoms with Crippen molar-refractivity contribution in [3.63, 3.8) is 0 Å². The molecule has 2 aromatic heterocycles. The zero-order valence-corrected chi connectivity index (χ0v) is 20.4. The van der Waals surface area contributed by atoms with Crippen molar-refractivity contribution in [2.24, 2.45) is 0 Å². The smallest absolute Gasteiger partial charge is 0.411 e. The number of likely N-dealkylation sites (tertiary alicyclic amines) is 1. The maximum Gasteiger partial charge on any atom is 0.411 e. The predicted octanol–water partition coefficient (Wildman–Crippen LogP) is 3.92. The number of carbonyl (C=O) groups excluding carboxylic acids is 3. The topological polar surface area (TPSA) is 107 Å². The first-order valence-corrected chi connectivity index (χ1v) is 11.4. The Morgan fingerprint density at radius 3 is 2.46 bits per heavy atom. The van der Waals surface area contributed by atoms with E-state index in [1.807, 2.05) is 12.1 Å². The minimum Gasteiger partial charge on any atom is -0.444 e. The number of rotatable bonds is 5. The van der Waals surface area contributed by atoms with E-state index in [9.17, 15) is 18.8 Å². The van der Waals surface area contributed by atoms with Crippen LogP contribution in [0.3, 0.4) is 0 Å². The fourth-order valence-corrected chi connectivity index (χ4v) is 4.15. The van der Waals surface area contributed by atoms with Gasteiger partial charge in [-0.25, -0.2) is 19.2 Å². The van der Waals surface area contributed by atoms with Gasteiger partial charge in [0.2, 0.25) is 0 Å². The molecule has 0 unspecified atom stereocenters. The van der Waals surface area contributed by atoms with Gasteiger partial charge in [0, 0.05) is 36.7 Å². The number of hydrogen-bond donors (Lipinski definition) is 0. The van der Waals surface area contributed by atoms with Gasteiger partial charge < -0.3 is 4.74 Å². The van der Waals surface area contributed by atoms with Crippen LogP contribution in [0.15, 0.2) is 30.6 Å².